The van der Waals surface area contributed by atoms with Crippen LogP contribution in [0.5, 0.6) is 0 Å². The molecule has 2 aromatic rings. The van der Waals surface area contributed by atoms with Crippen LogP contribution >= 0.6 is 11.3 Å². The largest absolute Gasteiger partial charge is 0.378 e. The summed E-state index contributed by atoms with van der Waals surface area (Å²) in [6, 6.07) is 6.29. The molecular formula is C15H18N2O2S. The van der Waals surface area contributed by atoms with Crippen molar-refractivity contribution in [1.82, 2.24) is 4.98 Å². The SMILES string of the molecule is Cc1cccc(NCc2nc(C3OCCO3)cs2)c1C. The summed E-state index contributed by atoms with van der Waals surface area (Å²) in [7, 11) is 0. The van der Waals surface area contributed by atoms with Crippen LogP contribution in [0.2, 0.25) is 0 Å². The molecule has 1 saturated heterocycles. The third kappa shape index (κ3) is 2.85. The summed E-state index contributed by atoms with van der Waals surface area (Å²) in [5.74, 6) is 0. The van der Waals surface area contributed by atoms with Crippen LogP contribution in [-0.4, -0.2) is 18.2 Å². The molecule has 0 unspecified atom stereocenters. The third-order valence-electron chi connectivity index (χ3n) is 3.47. The Morgan fingerprint density at radius 2 is 2.10 bits per heavy atom. The number of nitrogens with zero attached hydrogens (tertiary/aromatic N) is 1. The average molecular weight is 290 g/mol. The summed E-state index contributed by atoms with van der Waals surface area (Å²) in [6.07, 6.45) is -0.277. The minimum absolute atomic E-state index is 0.277. The van der Waals surface area contributed by atoms with Crippen molar-refractivity contribution in [1.29, 1.82) is 0 Å². The van der Waals surface area contributed by atoms with Gasteiger partial charge in [-0.25, -0.2) is 4.98 Å². The molecule has 0 bridgehead atoms. The first-order valence-electron chi connectivity index (χ1n) is 6.71. The first-order valence-corrected chi connectivity index (χ1v) is 7.59. The highest BCUT2D eigenvalue weighted by Gasteiger charge is 2.20. The Morgan fingerprint density at radius 1 is 1.30 bits per heavy atom. The zero-order valence-electron chi connectivity index (χ0n) is 11.7. The van der Waals surface area contributed by atoms with Gasteiger partial charge in [0.1, 0.15) is 10.7 Å². The number of aryl methyl sites for hydroxylation is 1. The average Bonchev–Trinajstić information content (AvgIpc) is 3.10. The van der Waals surface area contributed by atoms with Gasteiger partial charge in [-0.15, -0.1) is 11.3 Å². The maximum absolute atomic E-state index is 5.45. The summed E-state index contributed by atoms with van der Waals surface area (Å²) in [5, 5.41) is 6.49. The molecule has 0 atom stereocenters. The highest BCUT2D eigenvalue weighted by Crippen LogP contribution is 2.25. The molecule has 0 spiro atoms. The predicted octanol–water partition coefficient (Wildman–Crippen LogP) is 3.42. The van der Waals surface area contributed by atoms with Crippen LogP contribution in [0.25, 0.3) is 0 Å². The molecule has 1 fully saturated rings. The molecule has 5 heteroatoms. The number of hydrogen-bond donors (Lipinski definition) is 1. The van der Waals surface area contributed by atoms with E-state index in [1.54, 1.807) is 11.3 Å². The molecule has 0 saturated carbocycles. The lowest BCUT2D eigenvalue weighted by atomic mass is 10.1. The number of hydrogen-bond acceptors (Lipinski definition) is 5. The topological polar surface area (TPSA) is 43.4 Å². The normalized spacial score (nSPS) is 15.7. The van der Waals surface area contributed by atoms with E-state index in [4.69, 9.17) is 9.47 Å². The van der Waals surface area contributed by atoms with Gasteiger partial charge < -0.3 is 14.8 Å². The first kappa shape index (κ1) is 13.5. The fourth-order valence-electron chi connectivity index (χ4n) is 2.16. The van der Waals surface area contributed by atoms with Crippen LogP contribution in [0.3, 0.4) is 0 Å². The molecule has 1 aromatic heterocycles. The van der Waals surface area contributed by atoms with Gasteiger partial charge in [0, 0.05) is 11.1 Å². The summed E-state index contributed by atoms with van der Waals surface area (Å²) >= 11 is 1.63. The van der Waals surface area contributed by atoms with E-state index in [1.807, 2.05) is 5.38 Å². The van der Waals surface area contributed by atoms with Crippen molar-refractivity contribution in [2.24, 2.45) is 0 Å². The zero-order chi connectivity index (χ0) is 13.9. The fourth-order valence-corrected chi connectivity index (χ4v) is 2.89. The van der Waals surface area contributed by atoms with E-state index in [0.717, 1.165) is 22.9 Å². The lowest BCUT2D eigenvalue weighted by molar-refractivity contribution is -0.0469. The molecule has 106 valence electrons. The summed E-state index contributed by atoms with van der Waals surface area (Å²) in [4.78, 5) is 4.57. The maximum Gasteiger partial charge on any atom is 0.202 e. The molecule has 2 heterocycles. The number of rotatable bonds is 4. The van der Waals surface area contributed by atoms with Crippen LogP contribution in [0, 0.1) is 13.8 Å². The van der Waals surface area contributed by atoms with Crippen molar-refractivity contribution in [3.8, 4) is 0 Å². The van der Waals surface area contributed by atoms with Gasteiger partial charge in [-0.3, -0.25) is 0 Å². The molecule has 20 heavy (non-hydrogen) atoms. The second-order valence-electron chi connectivity index (χ2n) is 4.84. The van der Waals surface area contributed by atoms with E-state index in [0.29, 0.717) is 13.2 Å². The Morgan fingerprint density at radius 3 is 2.90 bits per heavy atom. The molecule has 1 N–H and O–H groups in total. The molecule has 1 aliphatic heterocycles. The molecule has 0 amide bonds. The fraction of sp³-hybridized carbons (Fsp3) is 0.400. The Balaban J connectivity index is 1.65. The summed E-state index contributed by atoms with van der Waals surface area (Å²) < 4.78 is 10.9. The number of nitrogens with one attached hydrogen (secondary N) is 1. The number of anilines is 1. The monoisotopic (exact) mass is 290 g/mol. The molecule has 0 radical (unpaired) electrons. The minimum atomic E-state index is -0.277. The van der Waals surface area contributed by atoms with Crippen LogP contribution in [-0.2, 0) is 16.0 Å². The van der Waals surface area contributed by atoms with Gasteiger partial charge in [-0.2, -0.15) is 0 Å². The van der Waals surface area contributed by atoms with Gasteiger partial charge in [0.05, 0.1) is 19.8 Å². The van der Waals surface area contributed by atoms with Gasteiger partial charge >= 0.3 is 0 Å². The Labute approximate surface area is 122 Å². The highest BCUT2D eigenvalue weighted by molar-refractivity contribution is 7.09. The van der Waals surface area contributed by atoms with Gasteiger partial charge in [-0.05, 0) is 31.0 Å². The maximum atomic E-state index is 5.45. The number of ether oxygens (including phenoxy) is 2. The van der Waals surface area contributed by atoms with E-state index in [-0.39, 0.29) is 6.29 Å². The van der Waals surface area contributed by atoms with Gasteiger partial charge in [-0.1, -0.05) is 12.1 Å². The van der Waals surface area contributed by atoms with Crippen molar-refractivity contribution in [2.45, 2.75) is 26.7 Å². The van der Waals surface area contributed by atoms with Crippen molar-refractivity contribution in [3.05, 3.63) is 45.4 Å². The third-order valence-corrected chi connectivity index (χ3v) is 4.33. The van der Waals surface area contributed by atoms with Gasteiger partial charge in [0.15, 0.2) is 0 Å². The minimum Gasteiger partial charge on any atom is -0.378 e. The second kappa shape index (κ2) is 5.91. The van der Waals surface area contributed by atoms with E-state index < -0.39 is 0 Å². The lowest BCUT2D eigenvalue weighted by Crippen LogP contribution is -2.03. The molecule has 0 aliphatic carbocycles. The van der Waals surface area contributed by atoms with Crippen molar-refractivity contribution < 1.29 is 9.47 Å². The Hall–Kier alpha value is -1.43. The Bertz CT molecular complexity index is 591. The van der Waals surface area contributed by atoms with E-state index in [1.165, 1.54) is 11.1 Å². The smallest absolute Gasteiger partial charge is 0.202 e. The Kier molecular flexibility index (Phi) is 4.00. The summed E-state index contributed by atoms with van der Waals surface area (Å²) in [6.45, 7) is 6.28. The van der Waals surface area contributed by atoms with Crippen molar-refractivity contribution in [3.63, 3.8) is 0 Å². The van der Waals surface area contributed by atoms with Gasteiger partial charge in [0.25, 0.3) is 0 Å². The van der Waals surface area contributed by atoms with Crippen molar-refractivity contribution in [2.75, 3.05) is 18.5 Å². The zero-order valence-corrected chi connectivity index (χ0v) is 12.5. The quantitative estimate of drug-likeness (QED) is 0.937. The molecule has 4 nitrogen and oxygen atoms in total. The molecule has 1 aliphatic rings. The number of thiazole rings is 1. The van der Waals surface area contributed by atoms with E-state index >= 15 is 0 Å². The number of aromatic nitrogens is 1. The molecule has 3 rings (SSSR count). The van der Waals surface area contributed by atoms with Crippen molar-refractivity contribution >= 4 is 17.0 Å². The highest BCUT2D eigenvalue weighted by atomic mass is 32.1. The van der Waals surface area contributed by atoms with Crippen LogP contribution in [0.15, 0.2) is 23.6 Å². The summed E-state index contributed by atoms with van der Waals surface area (Å²) in [5.41, 5.74) is 4.62. The predicted molar refractivity (Wildman–Crippen MR) is 80.0 cm³/mol. The van der Waals surface area contributed by atoms with Gasteiger partial charge in [0.2, 0.25) is 6.29 Å². The van der Waals surface area contributed by atoms with E-state index in [9.17, 15) is 0 Å². The van der Waals surface area contributed by atoms with E-state index in [2.05, 4.69) is 42.3 Å². The molecule has 1 aromatic carbocycles. The second-order valence-corrected chi connectivity index (χ2v) is 5.78. The van der Waals surface area contributed by atoms with Crippen LogP contribution < -0.4 is 5.32 Å². The van der Waals surface area contributed by atoms with Crippen LogP contribution in [0.1, 0.15) is 28.1 Å². The number of benzene rings is 1. The first-order chi connectivity index (χ1) is 9.74. The van der Waals surface area contributed by atoms with Crippen LogP contribution in [0.4, 0.5) is 5.69 Å². The standard InChI is InChI=1S/C15H18N2O2S/c1-10-4-3-5-12(11(10)2)16-8-14-17-13(9-20-14)15-18-6-7-19-15/h3-5,9,15-16H,6-8H2,1-2H3. The lowest BCUT2D eigenvalue weighted by Gasteiger charge is -2.10. The molecular weight excluding hydrogens is 272 g/mol.